The Kier molecular flexibility index (Phi) is 3.56. The van der Waals surface area contributed by atoms with E-state index in [9.17, 15) is 0 Å². The molecule has 0 spiro atoms. The van der Waals surface area contributed by atoms with Crippen LogP contribution in [0.3, 0.4) is 0 Å². The van der Waals surface area contributed by atoms with E-state index in [4.69, 9.17) is 11.6 Å². The lowest BCUT2D eigenvalue weighted by atomic mass is 10.2. The Morgan fingerprint density at radius 3 is 2.81 bits per heavy atom. The molecule has 4 heteroatoms. The molecule has 2 nitrogen and oxygen atoms in total. The van der Waals surface area contributed by atoms with Crippen molar-refractivity contribution in [2.75, 3.05) is 0 Å². The maximum absolute atomic E-state index is 6.01. The first-order valence-corrected chi connectivity index (χ1v) is 6.54. The van der Waals surface area contributed by atoms with Gasteiger partial charge in [-0.15, -0.1) is 11.3 Å². The Balaban J connectivity index is 2.45. The van der Waals surface area contributed by atoms with Crippen molar-refractivity contribution in [3.8, 4) is 10.7 Å². The van der Waals surface area contributed by atoms with Crippen LogP contribution in [-0.2, 0) is 6.42 Å². The number of halogens is 1. The lowest BCUT2D eigenvalue weighted by Gasteiger charge is -2.03. The Morgan fingerprint density at radius 1 is 1.38 bits per heavy atom. The Morgan fingerprint density at radius 2 is 2.19 bits per heavy atom. The molecule has 0 aliphatic carbocycles. The second-order valence-corrected chi connectivity index (χ2v) is 4.99. The van der Waals surface area contributed by atoms with Crippen molar-refractivity contribution < 1.29 is 0 Å². The van der Waals surface area contributed by atoms with Gasteiger partial charge in [-0.1, -0.05) is 24.9 Å². The summed E-state index contributed by atoms with van der Waals surface area (Å²) in [5, 5.41) is 2.58. The largest absolute Gasteiger partial charge is 0.232 e. The van der Waals surface area contributed by atoms with Crippen molar-refractivity contribution in [2.45, 2.75) is 26.7 Å². The minimum atomic E-state index is 0.529. The lowest BCUT2D eigenvalue weighted by Crippen LogP contribution is -1.95. The van der Waals surface area contributed by atoms with Crippen molar-refractivity contribution in [2.24, 2.45) is 0 Å². The second kappa shape index (κ2) is 4.93. The van der Waals surface area contributed by atoms with Gasteiger partial charge in [0.05, 0.1) is 4.88 Å². The number of aromatic nitrogens is 2. The summed E-state index contributed by atoms with van der Waals surface area (Å²) in [5.74, 6) is 0.753. The number of hydrogen-bond acceptors (Lipinski definition) is 3. The number of aryl methyl sites for hydroxylation is 2. The van der Waals surface area contributed by atoms with Gasteiger partial charge < -0.3 is 0 Å². The fourth-order valence-corrected chi connectivity index (χ4v) is 2.62. The van der Waals surface area contributed by atoms with Crippen molar-refractivity contribution >= 4 is 22.9 Å². The van der Waals surface area contributed by atoms with Gasteiger partial charge in [0.25, 0.3) is 0 Å². The second-order valence-electron chi connectivity index (χ2n) is 3.69. The molecule has 0 aliphatic heterocycles. The van der Waals surface area contributed by atoms with Crippen LogP contribution in [-0.4, -0.2) is 9.97 Å². The van der Waals surface area contributed by atoms with E-state index in [2.05, 4.69) is 35.3 Å². The zero-order valence-corrected chi connectivity index (χ0v) is 10.9. The van der Waals surface area contributed by atoms with Gasteiger partial charge in [-0.2, -0.15) is 0 Å². The molecule has 2 aromatic heterocycles. The fourth-order valence-electron chi connectivity index (χ4n) is 1.55. The number of hydrogen-bond donors (Lipinski definition) is 0. The number of rotatable bonds is 3. The molecule has 0 aliphatic rings. The first-order valence-electron chi connectivity index (χ1n) is 5.28. The van der Waals surface area contributed by atoms with E-state index in [1.807, 2.05) is 6.07 Å². The maximum atomic E-state index is 6.01. The van der Waals surface area contributed by atoms with Gasteiger partial charge in [0, 0.05) is 5.69 Å². The summed E-state index contributed by atoms with van der Waals surface area (Å²) >= 11 is 7.66. The third-order valence-corrected chi connectivity index (χ3v) is 3.53. The molecule has 0 atom stereocenters. The topological polar surface area (TPSA) is 25.8 Å². The molecule has 0 fully saturated rings. The SMILES string of the molecule is CCCc1cc(Cl)nc(-c2sccc2C)n1. The Bertz CT molecular complexity index is 494. The van der Waals surface area contributed by atoms with E-state index in [0.29, 0.717) is 5.15 Å². The molecule has 2 aromatic rings. The number of nitrogens with zero attached hydrogens (tertiary/aromatic N) is 2. The molecule has 2 rings (SSSR count). The van der Waals surface area contributed by atoms with Gasteiger partial charge in [0.2, 0.25) is 0 Å². The molecule has 0 N–H and O–H groups in total. The molecule has 16 heavy (non-hydrogen) atoms. The van der Waals surface area contributed by atoms with Gasteiger partial charge in [-0.05, 0) is 36.4 Å². The van der Waals surface area contributed by atoms with Crippen LogP contribution in [0.15, 0.2) is 17.5 Å². The van der Waals surface area contributed by atoms with Crippen LogP contribution in [0.2, 0.25) is 5.15 Å². The summed E-state index contributed by atoms with van der Waals surface area (Å²) in [6.45, 7) is 4.20. The zero-order chi connectivity index (χ0) is 11.5. The van der Waals surface area contributed by atoms with Gasteiger partial charge in [0.1, 0.15) is 5.15 Å². The van der Waals surface area contributed by atoms with E-state index in [1.165, 1.54) is 5.56 Å². The molecule has 84 valence electrons. The molecule has 0 bridgehead atoms. The predicted molar refractivity (Wildman–Crippen MR) is 69.1 cm³/mol. The Labute approximate surface area is 104 Å². The van der Waals surface area contributed by atoms with Crippen LogP contribution in [0.1, 0.15) is 24.6 Å². The molecular formula is C12H13ClN2S. The van der Waals surface area contributed by atoms with Crippen molar-refractivity contribution in [1.82, 2.24) is 9.97 Å². The summed E-state index contributed by atoms with van der Waals surface area (Å²) in [5.41, 5.74) is 2.22. The molecule has 0 radical (unpaired) electrons. The molecule has 2 heterocycles. The molecule has 0 saturated carbocycles. The van der Waals surface area contributed by atoms with E-state index in [0.717, 1.165) is 29.2 Å². The Hall–Kier alpha value is -0.930. The standard InChI is InChI=1S/C12H13ClN2S/c1-3-4-9-7-10(13)15-12(14-9)11-8(2)5-6-16-11/h5-7H,3-4H2,1-2H3. The van der Waals surface area contributed by atoms with Crippen LogP contribution >= 0.6 is 22.9 Å². The minimum Gasteiger partial charge on any atom is -0.232 e. The van der Waals surface area contributed by atoms with Crippen LogP contribution in [0.4, 0.5) is 0 Å². The summed E-state index contributed by atoms with van der Waals surface area (Å²) in [7, 11) is 0. The fraction of sp³-hybridized carbons (Fsp3) is 0.333. The van der Waals surface area contributed by atoms with Crippen molar-refractivity contribution in [3.63, 3.8) is 0 Å². The average molecular weight is 253 g/mol. The first kappa shape index (κ1) is 11.6. The molecule has 0 aromatic carbocycles. The lowest BCUT2D eigenvalue weighted by molar-refractivity contribution is 0.876. The van der Waals surface area contributed by atoms with Gasteiger partial charge >= 0.3 is 0 Å². The van der Waals surface area contributed by atoms with Gasteiger partial charge in [0.15, 0.2) is 5.82 Å². The highest BCUT2D eigenvalue weighted by Crippen LogP contribution is 2.27. The summed E-state index contributed by atoms with van der Waals surface area (Å²) < 4.78 is 0. The van der Waals surface area contributed by atoms with Gasteiger partial charge in [-0.25, -0.2) is 9.97 Å². The summed E-state index contributed by atoms with van der Waals surface area (Å²) in [4.78, 5) is 9.94. The molecular weight excluding hydrogens is 240 g/mol. The van der Waals surface area contributed by atoms with Crippen molar-refractivity contribution in [3.05, 3.63) is 33.9 Å². The van der Waals surface area contributed by atoms with Gasteiger partial charge in [-0.3, -0.25) is 0 Å². The number of thiophene rings is 1. The van der Waals surface area contributed by atoms with Crippen LogP contribution < -0.4 is 0 Å². The zero-order valence-electron chi connectivity index (χ0n) is 9.33. The maximum Gasteiger partial charge on any atom is 0.171 e. The molecule has 0 saturated heterocycles. The quantitative estimate of drug-likeness (QED) is 0.768. The highest BCUT2D eigenvalue weighted by molar-refractivity contribution is 7.13. The third-order valence-electron chi connectivity index (χ3n) is 2.32. The molecule has 0 unspecified atom stereocenters. The normalized spacial score (nSPS) is 10.7. The monoisotopic (exact) mass is 252 g/mol. The minimum absolute atomic E-state index is 0.529. The van der Waals surface area contributed by atoms with E-state index in [1.54, 1.807) is 11.3 Å². The third kappa shape index (κ3) is 2.42. The van der Waals surface area contributed by atoms with E-state index >= 15 is 0 Å². The molecule has 0 amide bonds. The summed E-state index contributed by atoms with van der Waals surface area (Å²) in [6.07, 6.45) is 2.01. The van der Waals surface area contributed by atoms with Crippen LogP contribution in [0.25, 0.3) is 10.7 Å². The highest BCUT2D eigenvalue weighted by atomic mass is 35.5. The van der Waals surface area contributed by atoms with Crippen LogP contribution in [0, 0.1) is 6.92 Å². The van der Waals surface area contributed by atoms with E-state index < -0.39 is 0 Å². The van der Waals surface area contributed by atoms with Crippen molar-refractivity contribution in [1.29, 1.82) is 0 Å². The predicted octanol–water partition coefficient (Wildman–Crippen LogP) is 4.12. The van der Waals surface area contributed by atoms with Crippen LogP contribution in [0.5, 0.6) is 0 Å². The summed E-state index contributed by atoms with van der Waals surface area (Å²) in [6, 6.07) is 3.92. The first-order chi connectivity index (χ1) is 7.70. The average Bonchev–Trinajstić information content (AvgIpc) is 2.64. The highest BCUT2D eigenvalue weighted by Gasteiger charge is 2.09. The van der Waals surface area contributed by atoms with E-state index in [-0.39, 0.29) is 0 Å². The smallest absolute Gasteiger partial charge is 0.171 e.